The number of halogens is 1. The van der Waals surface area contributed by atoms with E-state index in [2.05, 4.69) is 31.2 Å². The smallest absolute Gasteiger partial charge is 0.335 e. The number of hydrogen-bond acceptors (Lipinski definition) is 5. The highest BCUT2D eigenvalue weighted by Crippen LogP contribution is 2.27. The highest BCUT2D eigenvalue weighted by molar-refractivity contribution is 9.10. The Morgan fingerprint density at radius 2 is 2.10 bits per heavy atom. The fraction of sp³-hybridized carbons (Fsp3) is 0.154. The molecule has 20 heavy (non-hydrogen) atoms. The van der Waals surface area contributed by atoms with Crippen LogP contribution >= 0.6 is 15.9 Å². The Hall–Kier alpha value is -2.15. The van der Waals surface area contributed by atoms with E-state index < -0.39 is 5.97 Å². The van der Waals surface area contributed by atoms with E-state index in [1.54, 1.807) is 19.1 Å². The third-order valence-electron chi connectivity index (χ3n) is 2.50. The molecule has 1 aromatic carbocycles. The summed E-state index contributed by atoms with van der Waals surface area (Å²) in [5, 5.41) is 12.0. The molecule has 1 aromatic heterocycles. The van der Waals surface area contributed by atoms with E-state index in [1.807, 2.05) is 0 Å². The average molecular weight is 338 g/mol. The number of carboxylic acid groups (broad SMARTS) is 1. The molecule has 0 amide bonds. The second-order valence-corrected chi connectivity index (χ2v) is 4.82. The van der Waals surface area contributed by atoms with Crippen LogP contribution in [0.5, 0.6) is 5.88 Å². The normalized spacial score (nSPS) is 10.2. The molecule has 0 saturated carbocycles. The summed E-state index contributed by atoms with van der Waals surface area (Å²) < 4.78 is 5.71. The molecule has 2 N–H and O–H groups in total. The number of methoxy groups -OCH3 is 1. The zero-order chi connectivity index (χ0) is 14.7. The first-order valence-corrected chi connectivity index (χ1v) is 6.48. The molecule has 2 rings (SSSR count). The van der Waals surface area contributed by atoms with Gasteiger partial charge in [0.05, 0.1) is 18.4 Å². The number of carboxylic acids is 1. The predicted molar refractivity (Wildman–Crippen MR) is 77.7 cm³/mol. The van der Waals surface area contributed by atoms with Gasteiger partial charge in [-0.1, -0.05) is 0 Å². The summed E-state index contributed by atoms with van der Waals surface area (Å²) in [6, 6.07) is 6.36. The van der Waals surface area contributed by atoms with Gasteiger partial charge < -0.3 is 15.2 Å². The van der Waals surface area contributed by atoms with Crippen molar-refractivity contribution in [3.05, 3.63) is 40.1 Å². The van der Waals surface area contributed by atoms with Crippen LogP contribution in [0.15, 0.2) is 28.7 Å². The molecule has 0 fully saturated rings. The molecule has 0 saturated heterocycles. The number of anilines is 2. The molecule has 0 aliphatic rings. The summed E-state index contributed by atoms with van der Waals surface area (Å²) in [5.41, 5.74) is 0.911. The molecule has 0 aliphatic carbocycles. The van der Waals surface area contributed by atoms with Crippen LogP contribution in [-0.4, -0.2) is 28.2 Å². The van der Waals surface area contributed by atoms with Gasteiger partial charge in [-0.3, -0.25) is 0 Å². The number of aryl methyl sites for hydroxylation is 1. The van der Waals surface area contributed by atoms with Crippen molar-refractivity contribution in [2.24, 2.45) is 0 Å². The van der Waals surface area contributed by atoms with Crippen LogP contribution in [-0.2, 0) is 0 Å². The first-order chi connectivity index (χ1) is 9.49. The molecule has 2 aromatic rings. The molecule has 0 bridgehead atoms. The Bertz CT molecular complexity index is 661. The van der Waals surface area contributed by atoms with Crippen molar-refractivity contribution >= 4 is 33.4 Å². The maximum atomic E-state index is 10.9. The maximum Gasteiger partial charge on any atom is 0.335 e. The summed E-state index contributed by atoms with van der Waals surface area (Å²) in [5.74, 6) is 0.623. The lowest BCUT2D eigenvalue weighted by molar-refractivity contribution is 0.0697. The molecular formula is C13H12BrN3O3. The highest BCUT2D eigenvalue weighted by atomic mass is 79.9. The lowest BCUT2D eigenvalue weighted by Gasteiger charge is -2.10. The minimum atomic E-state index is -0.975. The van der Waals surface area contributed by atoms with Crippen LogP contribution in [0.25, 0.3) is 0 Å². The minimum Gasteiger partial charge on any atom is -0.481 e. The molecule has 0 aliphatic heterocycles. The Labute approximate surface area is 124 Å². The van der Waals surface area contributed by atoms with E-state index in [-0.39, 0.29) is 5.56 Å². The zero-order valence-electron chi connectivity index (χ0n) is 10.8. The van der Waals surface area contributed by atoms with Crippen molar-refractivity contribution in [3.63, 3.8) is 0 Å². The van der Waals surface area contributed by atoms with Gasteiger partial charge in [-0.2, -0.15) is 4.98 Å². The zero-order valence-corrected chi connectivity index (χ0v) is 12.4. The van der Waals surface area contributed by atoms with Gasteiger partial charge in [0.2, 0.25) is 5.88 Å². The molecule has 0 spiro atoms. The van der Waals surface area contributed by atoms with Crippen LogP contribution in [0.3, 0.4) is 0 Å². The van der Waals surface area contributed by atoms with Crippen molar-refractivity contribution in [3.8, 4) is 5.88 Å². The first kappa shape index (κ1) is 14.3. The minimum absolute atomic E-state index is 0.207. The van der Waals surface area contributed by atoms with E-state index in [4.69, 9.17) is 9.84 Å². The number of carbonyl (C=O) groups is 1. The van der Waals surface area contributed by atoms with Gasteiger partial charge in [-0.15, -0.1) is 0 Å². The van der Waals surface area contributed by atoms with Crippen molar-refractivity contribution in [2.75, 3.05) is 12.4 Å². The highest BCUT2D eigenvalue weighted by Gasteiger charge is 2.08. The SMILES string of the molecule is COc1cc(Nc2ccc(C(=O)O)cc2Br)nc(C)n1. The molecule has 1 heterocycles. The number of aromatic nitrogens is 2. The van der Waals surface area contributed by atoms with Crippen LogP contribution in [0.2, 0.25) is 0 Å². The molecule has 6 nitrogen and oxygen atoms in total. The third kappa shape index (κ3) is 3.24. The summed E-state index contributed by atoms with van der Waals surface area (Å²) in [4.78, 5) is 19.2. The van der Waals surface area contributed by atoms with Crippen LogP contribution in [0.1, 0.15) is 16.2 Å². The third-order valence-corrected chi connectivity index (χ3v) is 3.16. The Kier molecular flexibility index (Phi) is 4.19. The van der Waals surface area contributed by atoms with Crippen molar-refractivity contribution < 1.29 is 14.6 Å². The quantitative estimate of drug-likeness (QED) is 0.892. The van der Waals surface area contributed by atoms with Gasteiger partial charge in [-0.25, -0.2) is 9.78 Å². The second-order valence-electron chi connectivity index (χ2n) is 3.97. The monoisotopic (exact) mass is 337 g/mol. The largest absolute Gasteiger partial charge is 0.481 e. The van der Waals surface area contributed by atoms with E-state index in [0.717, 1.165) is 0 Å². The lowest BCUT2D eigenvalue weighted by atomic mass is 10.2. The van der Waals surface area contributed by atoms with E-state index in [9.17, 15) is 4.79 Å². The van der Waals surface area contributed by atoms with Gasteiger partial charge in [0.15, 0.2) is 0 Å². The van der Waals surface area contributed by atoms with Crippen molar-refractivity contribution in [1.29, 1.82) is 0 Å². The van der Waals surface area contributed by atoms with E-state index >= 15 is 0 Å². The fourth-order valence-electron chi connectivity index (χ4n) is 1.60. The first-order valence-electron chi connectivity index (χ1n) is 5.69. The number of rotatable bonds is 4. The van der Waals surface area contributed by atoms with Gasteiger partial charge in [-0.05, 0) is 41.1 Å². The molecule has 0 radical (unpaired) electrons. The predicted octanol–water partition coefficient (Wildman–Crippen LogP) is 3.00. The van der Waals surface area contributed by atoms with Crippen molar-refractivity contribution in [1.82, 2.24) is 9.97 Å². The van der Waals surface area contributed by atoms with Gasteiger partial charge >= 0.3 is 5.97 Å². The van der Waals surface area contributed by atoms with E-state index in [1.165, 1.54) is 19.2 Å². The summed E-state index contributed by atoms with van der Waals surface area (Å²) >= 11 is 3.33. The number of hydrogen-bond donors (Lipinski definition) is 2. The Balaban J connectivity index is 2.30. The average Bonchev–Trinajstić information content (AvgIpc) is 2.40. The number of ether oxygens (including phenoxy) is 1. The van der Waals surface area contributed by atoms with Gasteiger partial charge in [0.25, 0.3) is 0 Å². The van der Waals surface area contributed by atoms with Crippen molar-refractivity contribution in [2.45, 2.75) is 6.92 Å². The molecular weight excluding hydrogens is 326 g/mol. The van der Waals surface area contributed by atoms with Gasteiger partial charge in [0, 0.05) is 10.5 Å². The number of nitrogens with zero attached hydrogens (tertiary/aromatic N) is 2. The van der Waals surface area contributed by atoms with Crippen LogP contribution in [0.4, 0.5) is 11.5 Å². The van der Waals surface area contributed by atoms with Crippen LogP contribution < -0.4 is 10.1 Å². The Morgan fingerprint density at radius 3 is 2.70 bits per heavy atom. The molecule has 7 heteroatoms. The molecule has 0 unspecified atom stereocenters. The lowest BCUT2D eigenvalue weighted by Crippen LogP contribution is -2.01. The topological polar surface area (TPSA) is 84.3 Å². The number of nitrogens with one attached hydrogen (secondary N) is 1. The summed E-state index contributed by atoms with van der Waals surface area (Å²) in [6.07, 6.45) is 0. The number of aromatic carboxylic acids is 1. The number of benzene rings is 1. The standard InChI is InChI=1S/C13H12BrN3O3/c1-7-15-11(6-12(16-7)20-2)17-10-4-3-8(13(18)19)5-9(10)14/h3-6H,1-2H3,(H,18,19)(H,15,16,17). The molecule has 0 atom stereocenters. The maximum absolute atomic E-state index is 10.9. The second kappa shape index (κ2) is 5.87. The summed E-state index contributed by atoms with van der Waals surface area (Å²) in [6.45, 7) is 1.76. The van der Waals surface area contributed by atoms with Crippen LogP contribution in [0, 0.1) is 6.92 Å². The fourth-order valence-corrected chi connectivity index (χ4v) is 2.07. The van der Waals surface area contributed by atoms with E-state index in [0.29, 0.717) is 27.7 Å². The molecule has 104 valence electrons. The van der Waals surface area contributed by atoms with Gasteiger partial charge in [0.1, 0.15) is 11.6 Å². The Morgan fingerprint density at radius 1 is 1.35 bits per heavy atom. The summed E-state index contributed by atoms with van der Waals surface area (Å²) in [7, 11) is 1.53.